The third-order valence-corrected chi connectivity index (χ3v) is 4.37. The minimum atomic E-state index is 0.487. The number of hydrogen-bond acceptors (Lipinski definition) is 5. The Labute approximate surface area is 154 Å². The van der Waals surface area contributed by atoms with Gasteiger partial charge in [0.05, 0.1) is 0 Å². The first-order valence-electron chi connectivity index (χ1n) is 8.76. The normalized spacial score (nSPS) is 10.8. The molecular formula is C21H25N5. The SMILES string of the molecule is Cc1ccc(C)c(Nc2ncnc(Nc3ccc(C(C)C)cc3)c2N)c1. The van der Waals surface area contributed by atoms with Crippen LogP contribution in [0.25, 0.3) is 0 Å². The summed E-state index contributed by atoms with van der Waals surface area (Å²) in [6.45, 7) is 8.46. The summed E-state index contributed by atoms with van der Waals surface area (Å²) < 4.78 is 0. The highest BCUT2D eigenvalue weighted by atomic mass is 15.1. The molecule has 1 aromatic heterocycles. The Morgan fingerprint density at radius 3 is 2.19 bits per heavy atom. The van der Waals surface area contributed by atoms with Gasteiger partial charge < -0.3 is 16.4 Å². The van der Waals surface area contributed by atoms with Crippen LogP contribution >= 0.6 is 0 Å². The Morgan fingerprint density at radius 2 is 1.54 bits per heavy atom. The second-order valence-electron chi connectivity index (χ2n) is 6.83. The van der Waals surface area contributed by atoms with Gasteiger partial charge in [0, 0.05) is 11.4 Å². The Morgan fingerprint density at radius 1 is 0.885 bits per heavy atom. The molecule has 3 rings (SSSR count). The van der Waals surface area contributed by atoms with Gasteiger partial charge in [-0.05, 0) is 54.7 Å². The van der Waals surface area contributed by atoms with Gasteiger partial charge >= 0.3 is 0 Å². The molecule has 0 aliphatic heterocycles. The van der Waals surface area contributed by atoms with Crippen LogP contribution in [-0.2, 0) is 0 Å². The highest BCUT2D eigenvalue weighted by Crippen LogP contribution is 2.30. The number of nitrogens with one attached hydrogen (secondary N) is 2. The summed E-state index contributed by atoms with van der Waals surface area (Å²) in [5.74, 6) is 1.68. The maximum absolute atomic E-state index is 6.30. The largest absolute Gasteiger partial charge is 0.393 e. The molecule has 26 heavy (non-hydrogen) atoms. The van der Waals surface area contributed by atoms with Crippen LogP contribution in [0.2, 0.25) is 0 Å². The van der Waals surface area contributed by atoms with Crippen molar-refractivity contribution in [1.82, 2.24) is 9.97 Å². The van der Waals surface area contributed by atoms with Gasteiger partial charge in [0.15, 0.2) is 11.6 Å². The number of anilines is 5. The zero-order chi connectivity index (χ0) is 18.7. The van der Waals surface area contributed by atoms with Crippen LogP contribution in [0.3, 0.4) is 0 Å². The van der Waals surface area contributed by atoms with E-state index in [0.29, 0.717) is 23.2 Å². The molecule has 3 aromatic rings. The summed E-state index contributed by atoms with van der Waals surface area (Å²) in [6, 6.07) is 14.5. The zero-order valence-corrected chi connectivity index (χ0v) is 15.7. The summed E-state index contributed by atoms with van der Waals surface area (Å²) in [5, 5.41) is 6.59. The third kappa shape index (κ3) is 3.94. The van der Waals surface area contributed by atoms with Gasteiger partial charge in [-0.15, -0.1) is 0 Å². The molecule has 0 fully saturated rings. The first kappa shape index (κ1) is 17.7. The fourth-order valence-corrected chi connectivity index (χ4v) is 2.68. The fraction of sp³-hybridized carbons (Fsp3) is 0.238. The summed E-state index contributed by atoms with van der Waals surface area (Å²) >= 11 is 0. The van der Waals surface area contributed by atoms with Crippen molar-refractivity contribution in [3.8, 4) is 0 Å². The molecule has 2 aromatic carbocycles. The van der Waals surface area contributed by atoms with Gasteiger partial charge in [-0.1, -0.05) is 38.1 Å². The molecule has 0 radical (unpaired) electrons. The van der Waals surface area contributed by atoms with Crippen LogP contribution in [-0.4, -0.2) is 9.97 Å². The highest BCUT2D eigenvalue weighted by Gasteiger charge is 2.10. The van der Waals surface area contributed by atoms with E-state index in [0.717, 1.165) is 16.9 Å². The van der Waals surface area contributed by atoms with Gasteiger partial charge in [-0.2, -0.15) is 0 Å². The second-order valence-corrected chi connectivity index (χ2v) is 6.83. The van der Waals surface area contributed by atoms with Crippen molar-refractivity contribution in [3.63, 3.8) is 0 Å². The van der Waals surface area contributed by atoms with Crippen molar-refractivity contribution in [1.29, 1.82) is 0 Å². The van der Waals surface area contributed by atoms with Gasteiger partial charge in [-0.25, -0.2) is 9.97 Å². The Balaban J connectivity index is 1.84. The van der Waals surface area contributed by atoms with E-state index in [1.165, 1.54) is 17.5 Å². The minimum absolute atomic E-state index is 0.487. The molecular weight excluding hydrogens is 322 g/mol. The number of aromatic nitrogens is 2. The Kier molecular flexibility index (Phi) is 5.07. The van der Waals surface area contributed by atoms with E-state index >= 15 is 0 Å². The van der Waals surface area contributed by atoms with Crippen molar-refractivity contribution in [3.05, 3.63) is 65.5 Å². The first-order valence-corrected chi connectivity index (χ1v) is 8.76. The topological polar surface area (TPSA) is 75.9 Å². The van der Waals surface area contributed by atoms with Gasteiger partial charge in [0.25, 0.3) is 0 Å². The lowest BCUT2D eigenvalue weighted by molar-refractivity contribution is 0.867. The molecule has 0 amide bonds. The molecule has 0 aliphatic carbocycles. The minimum Gasteiger partial charge on any atom is -0.393 e. The summed E-state index contributed by atoms with van der Waals surface area (Å²) in [4.78, 5) is 8.58. The molecule has 5 nitrogen and oxygen atoms in total. The van der Waals surface area contributed by atoms with Crippen LogP contribution in [0.4, 0.5) is 28.7 Å². The van der Waals surface area contributed by atoms with Crippen LogP contribution in [0, 0.1) is 13.8 Å². The number of nitrogens with zero attached hydrogens (tertiary/aromatic N) is 2. The molecule has 0 unspecified atom stereocenters. The second kappa shape index (κ2) is 7.44. The quantitative estimate of drug-likeness (QED) is 0.585. The highest BCUT2D eigenvalue weighted by molar-refractivity contribution is 5.80. The van der Waals surface area contributed by atoms with Gasteiger partial charge in [-0.3, -0.25) is 0 Å². The summed E-state index contributed by atoms with van der Waals surface area (Å²) in [7, 11) is 0. The number of nitrogens with two attached hydrogens (primary N) is 1. The van der Waals surface area contributed by atoms with Crippen molar-refractivity contribution in [2.75, 3.05) is 16.4 Å². The number of aryl methyl sites for hydroxylation is 2. The Bertz CT molecular complexity index is 901. The summed E-state index contributed by atoms with van der Waals surface area (Å²) in [5.41, 5.74) is 12.3. The van der Waals surface area contributed by atoms with E-state index in [1.54, 1.807) is 0 Å². The van der Waals surface area contributed by atoms with Crippen molar-refractivity contribution in [2.45, 2.75) is 33.6 Å². The molecule has 134 valence electrons. The van der Waals surface area contributed by atoms with Crippen LogP contribution in [0.1, 0.15) is 36.5 Å². The van der Waals surface area contributed by atoms with Crippen LogP contribution in [0.5, 0.6) is 0 Å². The Hall–Kier alpha value is -3.08. The number of hydrogen-bond donors (Lipinski definition) is 3. The van der Waals surface area contributed by atoms with E-state index in [-0.39, 0.29) is 0 Å². The molecule has 0 saturated heterocycles. The summed E-state index contributed by atoms with van der Waals surface area (Å²) in [6.07, 6.45) is 1.51. The van der Waals surface area contributed by atoms with E-state index in [1.807, 2.05) is 12.1 Å². The molecule has 4 N–H and O–H groups in total. The smallest absolute Gasteiger partial charge is 0.159 e. The third-order valence-electron chi connectivity index (χ3n) is 4.37. The first-order chi connectivity index (χ1) is 12.4. The van der Waals surface area contributed by atoms with Gasteiger partial charge in [0.2, 0.25) is 0 Å². The zero-order valence-electron chi connectivity index (χ0n) is 15.7. The lowest BCUT2D eigenvalue weighted by atomic mass is 10.0. The standard InChI is InChI=1S/C21H25N5/c1-13(2)16-7-9-17(10-8-16)25-20-19(22)21(24-12-23-20)26-18-11-14(3)5-6-15(18)4/h5-13H,22H2,1-4H3,(H2,23,24,25,26). The maximum atomic E-state index is 6.30. The molecule has 5 heteroatoms. The van der Waals surface area contributed by atoms with Crippen molar-refractivity contribution >= 4 is 28.7 Å². The van der Waals surface area contributed by atoms with E-state index in [9.17, 15) is 0 Å². The molecule has 0 spiro atoms. The number of nitrogen functional groups attached to an aromatic ring is 1. The number of rotatable bonds is 5. The average molecular weight is 347 g/mol. The predicted octanol–water partition coefficient (Wildman–Crippen LogP) is 5.29. The maximum Gasteiger partial charge on any atom is 0.159 e. The molecule has 0 aliphatic rings. The van der Waals surface area contributed by atoms with E-state index in [2.05, 4.69) is 78.6 Å². The van der Waals surface area contributed by atoms with E-state index in [4.69, 9.17) is 5.73 Å². The molecule has 0 saturated carbocycles. The predicted molar refractivity (Wildman–Crippen MR) is 109 cm³/mol. The van der Waals surface area contributed by atoms with Crippen LogP contribution < -0.4 is 16.4 Å². The monoisotopic (exact) mass is 347 g/mol. The molecule has 0 atom stereocenters. The fourth-order valence-electron chi connectivity index (χ4n) is 2.68. The molecule has 1 heterocycles. The van der Waals surface area contributed by atoms with Gasteiger partial charge in [0.1, 0.15) is 12.0 Å². The average Bonchev–Trinajstić information content (AvgIpc) is 2.62. The lowest BCUT2D eigenvalue weighted by Gasteiger charge is -2.14. The molecule has 0 bridgehead atoms. The van der Waals surface area contributed by atoms with Crippen LogP contribution in [0.15, 0.2) is 48.8 Å². The van der Waals surface area contributed by atoms with Crippen molar-refractivity contribution in [2.24, 2.45) is 0 Å². The lowest BCUT2D eigenvalue weighted by Crippen LogP contribution is -2.06. The van der Waals surface area contributed by atoms with E-state index < -0.39 is 0 Å². The van der Waals surface area contributed by atoms with Crippen molar-refractivity contribution < 1.29 is 0 Å². The number of benzene rings is 2.